The van der Waals surface area contributed by atoms with Gasteiger partial charge in [-0.25, -0.2) is 0 Å². The van der Waals surface area contributed by atoms with Gasteiger partial charge in [0.1, 0.15) is 0 Å². The molecule has 0 aromatic heterocycles. The number of benzene rings is 1. The molecule has 1 N–H and O–H groups in total. The number of ketones is 1. The van der Waals surface area contributed by atoms with Crippen molar-refractivity contribution in [1.29, 1.82) is 0 Å². The molecule has 1 aromatic rings. The van der Waals surface area contributed by atoms with E-state index >= 15 is 0 Å². The van der Waals surface area contributed by atoms with Gasteiger partial charge in [-0.3, -0.25) is 4.79 Å². The highest BCUT2D eigenvalue weighted by Gasteiger charge is 2.20. The van der Waals surface area contributed by atoms with Gasteiger partial charge in [-0.2, -0.15) is 0 Å². The first-order valence-corrected chi connectivity index (χ1v) is 6.51. The summed E-state index contributed by atoms with van der Waals surface area (Å²) < 4.78 is 1.02. The number of rotatable bonds is 6. The highest BCUT2D eigenvalue weighted by Crippen LogP contribution is 2.27. The van der Waals surface area contributed by atoms with Crippen LogP contribution in [0.15, 0.2) is 28.7 Å². The highest BCUT2D eigenvalue weighted by atomic mass is 79.9. The summed E-state index contributed by atoms with van der Waals surface area (Å²) in [5, 5.41) is 3.22. The summed E-state index contributed by atoms with van der Waals surface area (Å²) in [7, 11) is 0. The van der Waals surface area contributed by atoms with Gasteiger partial charge in [-0.1, -0.05) is 34.1 Å². The van der Waals surface area contributed by atoms with Gasteiger partial charge in [0, 0.05) is 10.9 Å². The molecule has 0 saturated heterocycles. The summed E-state index contributed by atoms with van der Waals surface area (Å²) in [6.07, 6.45) is 3.16. The van der Waals surface area contributed by atoms with Crippen molar-refractivity contribution >= 4 is 21.7 Å². The van der Waals surface area contributed by atoms with Crippen molar-refractivity contribution in [3.63, 3.8) is 0 Å². The molecule has 0 bridgehead atoms. The summed E-state index contributed by atoms with van der Waals surface area (Å²) in [6, 6.07) is 7.89. The van der Waals surface area contributed by atoms with Crippen LogP contribution in [0.4, 0.5) is 0 Å². The van der Waals surface area contributed by atoms with Crippen LogP contribution in [0.3, 0.4) is 0 Å². The van der Waals surface area contributed by atoms with Gasteiger partial charge in [0.25, 0.3) is 0 Å². The average Bonchev–Trinajstić information content (AvgIpc) is 3.05. The Morgan fingerprint density at radius 3 is 2.81 bits per heavy atom. The number of hydrogen-bond donors (Lipinski definition) is 1. The van der Waals surface area contributed by atoms with Crippen molar-refractivity contribution < 1.29 is 4.79 Å². The second-order valence-electron chi connectivity index (χ2n) is 4.38. The van der Waals surface area contributed by atoms with Crippen molar-refractivity contribution in [1.82, 2.24) is 5.32 Å². The van der Waals surface area contributed by atoms with Crippen LogP contribution >= 0.6 is 15.9 Å². The fourth-order valence-electron chi connectivity index (χ4n) is 1.65. The molecule has 86 valence electrons. The number of hydrogen-bond acceptors (Lipinski definition) is 2. The predicted octanol–water partition coefficient (Wildman–Crippen LogP) is 2.56. The Labute approximate surface area is 105 Å². The third-order valence-electron chi connectivity index (χ3n) is 2.80. The van der Waals surface area contributed by atoms with Gasteiger partial charge in [-0.15, -0.1) is 0 Å². The van der Waals surface area contributed by atoms with Crippen molar-refractivity contribution in [3.8, 4) is 0 Å². The lowest BCUT2D eigenvalue weighted by atomic mass is 10.1. The molecule has 1 aliphatic carbocycles. The number of carbonyl (C=O) groups is 1. The number of nitrogens with one attached hydrogen (secondary N) is 1. The summed E-state index contributed by atoms with van der Waals surface area (Å²) in [5.41, 5.74) is 1.07. The smallest absolute Gasteiger partial charge is 0.151 e. The molecule has 0 radical (unpaired) electrons. The zero-order valence-corrected chi connectivity index (χ0v) is 10.8. The summed E-state index contributed by atoms with van der Waals surface area (Å²) in [4.78, 5) is 11.7. The summed E-state index contributed by atoms with van der Waals surface area (Å²) in [5.74, 6) is 1.09. The Bertz CT molecular complexity index is 374. The van der Waals surface area contributed by atoms with Gasteiger partial charge in [0.15, 0.2) is 5.78 Å². The molecular formula is C13H16BrNO. The molecule has 1 aliphatic rings. The van der Waals surface area contributed by atoms with E-state index in [1.54, 1.807) is 0 Å². The zero-order valence-electron chi connectivity index (χ0n) is 9.21. The molecule has 2 nitrogen and oxygen atoms in total. The molecule has 16 heavy (non-hydrogen) atoms. The Kier molecular flexibility index (Phi) is 4.13. The van der Waals surface area contributed by atoms with E-state index in [4.69, 9.17) is 0 Å². The van der Waals surface area contributed by atoms with E-state index in [0.29, 0.717) is 13.0 Å². The van der Waals surface area contributed by atoms with Crippen LogP contribution in [0, 0.1) is 5.92 Å². The molecule has 0 spiro atoms. The van der Waals surface area contributed by atoms with E-state index in [9.17, 15) is 4.79 Å². The number of halogens is 1. The molecule has 1 saturated carbocycles. The van der Waals surface area contributed by atoms with E-state index in [0.717, 1.165) is 22.5 Å². The summed E-state index contributed by atoms with van der Waals surface area (Å²) >= 11 is 3.45. The fraction of sp³-hybridized carbons (Fsp3) is 0.462. The van der Waals surface area contributed by atoms with E-state index in [1.807, 2.05) is 24.3 Å². The zero-order chi connectivity index (χ0) is 11.4. The lowest BCUT2D eigenvalue weighted by molar-refractivity contribution is -0.117. The highest BCUT2D eigenvalue weighted by molar-refractivity contribution is 9.10. The molecule has 0 atom stereocenters. The SMILES string of the molecule is O=C(CNCC1CC1)Cc1ccccc1Br. The Morgan fingerprint density at radius 2 is 2.12 bits per heavy atom. The minimum absolute atomic E-state index is 0.257. The van der Waals surface area contributed by atoms with Gasteiger partial charge >= 0.3 is 0 Å². The predicted molar refractivity (Wildman–Crippen MR) is 68.4 cm³/mol. The Hall–Kier alpha value is -0.670. The fourth-order valence-corrected chi connectivity index (χ4v) is 2.08. The van der Waals surface area contributed by atoms with Crippen LogP contribution in [0.25, 0.3) is 0 Å². The molecule has 0 amide bonds. The van der Waals surface area contributed by atoms with E-state index < -0.39 is 0 Å². The minimum atomic E-state index is 0.257. The standard InChI is InChI=1S/C13H16BrNO/c14-13-4-2-1-3-11(13)7-12(16)9-15-8-10-5-6-10/h1-4,10,15H,5-9H2. The Morgan fingerprint density at radius 1 is 1.38 bits per heavy atom. The molecule has 0 heterocycles. The monoisotopic (exact) mass is 281 g/mol. The molecule has 1 aromatic carbocycles. The van der Waals surface area contributed by atoms with Gasteiger partial charge in [-0.05, 0) is 36.9 Å². The maximum atomic E-state index is 11.7. The van der Waals surface area contributed by atoms with E-state index in [1.165, 1.54) is 12.8 Å². The molecule has 0 aliphatic heterocycles. The quantitative estimate of drug-likeness (QED) is 0.868. The van der Waals surface area contributed by atoms with Crippen LogP contribution in [0.2, 0.25) is 0 Å². The van der Waals surface area contributed by atoms with Crippen molar-refractivity contribution in [2.45, 2.75) is 19.3 Å². The first-order valence-electron chi connectivity index (χ1n) is 5.71. The van der Waals surface area contributed by atoms with Crippen molar-refractivity contribution in [2.75, 3.05) is 13.1 Å². The maximum absolute atomic E-state index is 11.7. The second-order valence-corrected chi connectivity index (χ2v) is 5.24. The van der Waals surface area contributed by atoms with Gasteiger partial charge in [0.05, 0.1) is 6.54 Å². The maximum Gasteiger partial charge on any atom is 0.151 e. The molecule has 0 unspecified atom stereocenters. The lowest BCUT2D eigenvalue weighted by Crippen LogP contribution is -2.26. The van der Waals surface area contributed by atoms with Gasteiger partial charge in [0.2, 0.25) is 0 Å². The van der Waals surface area contributed by atoms with E-state index in [2.05, 4.69) is 21.2 Å². The largest absolute Gasteiger partial charge is 0.310 e. The molecular weight excluding hydrogens is 266 g/mol. The van der Waals surface area contributed by atoms with Crippen LogP contribution in [0.5, 0.6) is 0 Å². The minimum Gasteiger partial charge on any atom is -0.310 e. The lowest BCUT2D eigenvalue weighted by Gasteiger charge is -2.05. The number of carbonyl (C=O) groups excluding carboxylic acids is 1. The third kappa shape index (κ3) is 3.72. The first-order chi connectivity index (χ1) is 7.75. The van der Waals surface area contributed by atoms with Gasteiger partial charge < -0.3 is 5.32 Å². The summed E-state index contributed by atoms with van der Waals surface area (Å²) in [6.45, 7) is 1.50. The molecule has 3 heteroatoms. The molecule has 2 rings (SSSR count). The second kappa shape index (κ2) is 5.60. The average molecular weight is 282 g/mol. The Balaban J connectivity index is 1.75. The third-order valence-corrected chi connectivity index (χ3v) is 3.57. The number of Topliss-reactive ketones (excluding diaryl/α,β-unsaturated/α-hetero) is 1. The van der Waals surface area contributed by atoms with Crippen LogP contribution in [-0.2, 0) is 11.2 Å². The normalized spacial score (nSPS) is 15.1. The topological polar surface area (TPSA) is 29.1 Å². The first kappa shape index (κ1) is 11.8. The molecule has 1 fully saturated rings. The van der Waals surface area contributed by atoms with E-state index in [-0.39, 0.29) is 5.78 Å². The van der Waals surface area contributed by atoms with Crippen molar-refractivity contribution in [3.05, 3.63) is 34.3 Å². The van der Waals surface area contributed by atoms with Crippen LogP contribution in [-0.4, -0.2) is 18.9 Å². The van der Waals surface area contributed by atoms with Crippen molar-refractivity contribution in [2.24, 2.45) is 5.92 Å². The van der Waals surface area contributed by atoms with Crippen LogP contribution in [0.1, 0.15) is 18.4 Å². The van der Waals surface area contributed by atoms with Crippen LogP contribution < -0.4 is 5.32 Å².